The van der Waals surface area contributed by atoms with E-state index < -0.39 is 0 Å². The molecule has 5 nitrogen and oxygen atoms in total. The molecule has 0 spiro atoms. The highest BCUT2D eigenvalue weighted by Crippen LogP contribution is 2.24. The van der Waals surface area contributed by atoms with Gasteiger partial charge in [0.2, 0.25) is 0 Å². The Bertz CT molecular complexity index is 893. The van der Waals surface area contributed by atoms with Gasteiger partial charge in [-0.3, -0.25) is 0 Å². The van der Waals surface area contributed by atoms with Gasteiger partial charge in [0, 0.05) is 37.8 Å². The maximum Gasteiger partial charge on any atom is 0.130 e. The third-order valence-corrected chi connectivity index (χ3v) is 4.40. The van der Waals surface area contributed by atoms with Crippen LogP contribution in [0.2, 0.25) is 0 Å². The molecule has 0 unspecified atom stereocenters. The lowest BCUT2D eigenvalue weighted by atomic mass is 10.1. The molecule has 3 heterocycles. The fourth-order valence-corrected chi connectivity index (χ4v) is 3.12. The van der Waals surface area contributed by atoms with E-state index in [-0.39, 0.29) is 0 Å². The number of para-hydroxylation sites is 1. The van der Waals surface area contributed by atoms with E-state index in [4.69, 9.17) is 4.98 Å². The lowest BCUT2D eigenvalue weighted by Crippen LogP contribution is -2.47. The Morgan fingerprint density at radius 1 is 0.875 bits per heavy atom. The van der Waals surface area contributed by atoms with Crippen LogP contribution in [-0.4, -0.2) is 36.1 Å². The van der Waals surface area contributed by atoms with E-state index >= 15 is 0 Å². The molecule has 1 fully saturated rings. The molecule has 0 amide bonds. The Morgan fingerprint density at radius 3 is 2.29 bits per heavy atom. The first kappa shape index (κ1) is 14.5. The summed E-state index contributed by atoms with van der Waals surface area (Å²) in [6.45, 7) is 3.53. The second-order valence-corrected chi connectivity index (χ2v) is 5.82. The molecule has 5 heteroatoms. The first-order chi connectivity index (χ1) is 11.8. The maximum atomic E-state index is 9.44. The lowest BCUT2D eigenvalue weighted by molar-refractivity contribution is 0.642. The Labute approximate surface area is 140 Å². The van der Waals surface area contributed by atoms with E-state index in [1.165, 1.54) is 0 Å². The molecule has 4 rings (SSSR count). The van der Waals surface area contributed by atoms with E-state index in [0.717, 1.165) is 48.7 Å². The third kappa shape index (κ3) is 2.63. The van der Waals surface area contributed by atoms with Gasteiger partial charge >= 0.3 is 0 Å². The molecule has 0 aliphatic carbocycles. The molecule has 1 aromatic carbocycles. The molecular weight excluding hydrogens is 298 g/mol. The second-order valence-electron chi connectivity index (χ2n) is 5.82. The summed E-state index contributed by atoms with van der Waals surface area (Å²) >= 11 is 0. The number of pyridine rings is 2. The normalized spacial score (nSPS) is 14.6. The highest BCUT2D eigenvalue weighted by atomic mass is 15.3. The fraction of sp³-hybridized carbons (Fsp3) is 0.211. The quantitative estimate of drug-likeness (QED) is 0.728. The number of benzene rings is 1. The Hall–Kier alpha value is -3.13. The first-order valence-corrected chi connectivity index (χ1v) is 8.06. The molecule has 2 aromatic heterocycles. The topological polar surface area (TPSA) is 56.1 Å². The number of anilines is 2. The Morgan fingerprint density at radius 2 is 1.58 bits per heavy atom. The molecule has 24 heavy (non-hydrogen) atoms. The van der Waals surface area contributed by atoms with Gasteiger partial charge in [-0.1, -0.05) is 24.3 Å². The number of hydrogen-bond acceptors (Lipinski definition) is 5. The van der Waals surface area contributed by atoms with Crippen LogP contribution in [0.25, 0.3) is 10.9 Å². The summed E-state index contributed by atoms with van der Waals surface area (Å²) in [6.07, 6.45) is 1.83. The number of piperazine rings is 1. The van der Waals surface area contributed by atoms with Crippen LogP contribution in [0.15, 0.2) is 54.7 Å². The average molecular weight is 315 g/mol. The Balaban J connectivity index is 1.58. The van der Waals surface area contributed by atoms with Crippen LogP contribution in [-0.2, 0) is 0 Å². The van der Waals surface area contributed by atoms with Crippen LogP contribution in [0.1, 0.15) is 5.56 Å². The van der Waals surface area contributed by atoms with Gasteiger partial charge in [0.05, 0.1) is 17.1 Å². The van der Waals surface area contributed by atoms with Crippen LogP contribution in [0.3, 0.4) is 0 Å². The van der Waals surface area contributed by atoms with Crippen LogP contribution < -0.4 is 9.80 Å². The van der Waals surface area contributed by atoms with Gasteiger partial charge in [-0.2, -0.15) is 5.26 Å². The van der Waals surface area contributed by atoms with Gasteiger partial charge in [0.25, 0.3) is 0 Å². The second kappa shape index (κ2) is 6.17. The lowest BCUT2D eigenvalue weighted by Gasteiger charge is -2.36. The predicted molar refractivity (Wildman–Crippen MR) is 95.1 cm³/mol. The van der Waals surface area contributed by atoms with Gasteiger partial charge < -0.3 is 9.80 Å². The van der Waals surface area contributed by atoms with Crippen molar-refractivity contribution in [1.29, 1.82) is 5.26 Å². The number of rotatable bonds is 2. The molecule has 0 radical (unpaired) electrons. The zero-order chi connectivity index (χ0) is 16.4. The number of nitriles is 1. The van der Waals surface area contributed by atoms with Gasteiger partial charge in [-0.15, -0.1) is 0 Å². The SMILES string of the molecule is N#Cc1cc(N2CCN(c3ccccn3)CC2)nc2ccccc12. The molecule has 0 N–H and O–H groups in total. The Kier molecular flexibility index (Phi) is 3.72. The van der Waals surface area contributed by atoms with Gasteiger partial charge in [-0.05, 0) is 24.3 Å². The number of fused-ring (bicyclic) bond motifs is 1. The maximum absolute atomic E-state index is 9.44. The van der Waals surface area contributed by atoms with Gasteiger partial charge in [-0.25, -0.2) is 9.97 Å². The minimum atomic E-state index is 0.683. The molecule has 0 atom stereocenters. The number of nitrogens with zero attached hydrogens (tertiary/aromatic N) is 5. The van der Waals surface area contributed by atoms with Crippen LogP contribution >= 0.6 is 0 Å². The summed E-state index contributed by atoms with van der Waals surface area (Å²) in [7, 11) is 0. The van der Waals surface area contributed by atoms with Crippen molar-refractivity contribution in [2.75, 3.05) is 36.0 Å². The van der Waals surface area contributed by atoms with E-state index in [9.17, 15) is 5.26 Å². The predicted octanol–water partition coefficient (Wildman–Crippen LogP) is 2.83. The van der Waals surface area contributed by atoms with E-state index in [0.29, 0.717) is 5.56 Å². The molecular formula is C19H17N5. The van der Waals surface area contributed by atoms with Crippen molar-refractivity contribution >= 4 is 22.5 Å². The standard InChI is InChI=1S/C19H17N5/c20-14-15-13-19(22-17-6-2-1-5-16(15)17)24-11-9-23(10-12-24)18-7-3-4-8-21-18/h1-8,13H,9-12H2. The fourth-order valence-electron chi connectivity index (χ4n) is 3.12. The minimum absolute atomic E-state index is 0.683. The van der Waals surface area contributed by atoms with Crippen LogP contribution in [0, 0.1) is 11.3 Å². The average Bonchev–Trinajstić information content (AvgIpc) is 2.68. The molecule has 118 valence electrons. The monoisotopic (exact) mass is 315 g/mol. The van der Waals surface area contributed by atoms with Crippen molar-refractivity contribution in [2.24, 2.45) is 0 Å². The number of hydrogen-bond donors (Lipinski definition) is 0. The van der Waals surface area contributed by atoms with Crippen molar-refractivity contribution in [1.82, 2.24) is 9.97 Å². The highest BCUT2D eigenvalue weighted by Gasteiger charge is 2.20. The summed E-state index contributed by atoms with van der Waals surface area (Å²) in [5, 5.41) is 10.3. The smallest absolute Gasteiger partial charge is 0.130 e. The van der Waals surface area contributed by atoms with Crippen molar-refractivity contribution in [3.63, 3.8) is 0 Å². The van der Waals surface area contributed by atoms with Crippen LogP contribution in [0.5, 0.6) is 0 Å². The zero-order valence-corrected chi connectivity index (χ0v) is 13.3. The van der Waals surface area contributed by atoms with E-state index in [1.807, 2.05) is 54.7 Å². The minimum Gasteiger partial charge on any atom is -0.353 e. The largest absolute Gasteiger partial charge is 0.353 e. The summed E-state index contributed by atoms with van der Waals surface area (Å²) < 4.78 is 0. The number of aromatic nitrogens is 2. The van der Waals surface area contributed by atoms with Crippen molar-refractivity contribution in [3.05, 3.63) is 60.3 Å². The summed E-state index contributed by atoms with van der Waals surface area (Å²) in [5.41, 5.74) is 1.56. The van der Waals surface area contributed by atoms with Crippen molar-refractivity contribution in [3.8, 4) is 6.07 Å². The summed E-state index contributed by atoms with van der Waals surface area (Å²) in [5.74, 6) is 1.90. The highest BCUT2D eigenvalue weighted by molar-refractivity contribution is 5.86. The zero-order valence-electron chi connectivity index (χ0n) is 13.3. The van der Waals surface area contributed by atoms with E-state index in [1.54, 1.807) is 0 Å². The van der Waals surface area contributed by atoms with Crippen LogP contribution in [0.4, 0.5) is 11.6 Å². The van der Waals surface area contributed by atoms with E-state index in [2.05, 4.69) is 20.9 Å². The molecule has 1 aliphatic heterocycles. The molecule has 0 bridgehead atoms. The van der Waals surface area contributed by atoms with Gasteiger partial charge in [0.15, 0.2) is 0 Å². The summed E-state index contributed by atoms with van der Waals surface area (Å²) in [4.78, 5) is 13.7. The van der Waals surface area contributed by atoms with Crippen molar-refractivity contribution < 1.29 is 0 Å². The molecule has 3 aromatic rings. The third-order valence-electron chi connectivity index (χ3n) is 4.40. The summed E-state index contributed by atoms with van der Waals surface area (Å²) in [6, 6.07) is 18.0. The van der Waals surface area contributed by atoms with Gasteiger partial charge in [0.1, 0.15) is 11.6 Å². The molecule has 1 saturated heterocycles. The van der Waals surface area contributed by atoms with Crippen molar-refractivity contribution in [2.45, 2.75) is 0 Å². The first-order valence-electron chi connectivity index (χ1n) is 8.06. The molecule has 1 aliphatic rings. The molecule has 0 saturated carbocycles.